The summed E-state index contributed by atoms with van der Waals surface area (Å²) in [6, 6.07) is 5.35. The molecule has 1 aromatic carbocycles. The highest BCUT2D eigenvalue weighted by Gasteiger charge is 2.30. The van der Waals surface area contributed by atoms with Crippen LogP contribution in [0, 0.1) is 13.8 Å². The van der Waals surface area contributed by atoms with Gasteiger partial charge in [0.1, 0.15) is 6.67 Å². The number of amides is 1. The second-order valence-corrected chi connectivity index (χ2v) is 4.16. The molecule has 1 amide bonds. The van der Waals surface area contributed by atoms with Crippen LogP contribution in [0.5, 0.6) is 0 Å². The van der Waals surface area contributed by atoms with Crippen molar-refractivity contribution in [3.63, 3.8) is 0 Å². The van der Waals surface area contributed by atoms with Crippen molar-refractivity contribution in [1.82, 2.24) is 0 Å². The van der Waals surface area contributed by atoms with Gasteiger partial charge >= 0.3 is 0 Å². The number of alkyl halides is 1. The first kappa shape index (κ1) is 12.6. The highest BCUT2D eigenvalue weighted by molar-refractivity contribution is 5.97. The molecule has 0 aliphatic rings. The zero-order valence-corrected chi connectivity index (χ0v) is 9.67. The molecule has 0 aromatic heterocycles. The summed E-state index contributed by atoms with van der Waals surface area (Å²) in [5, 5.41) is 11.9. The van der Waals surface area contributed by atoms with Crippen LogP contribution in [0.15, 0.2) is 18.2 Å². The molecule has 1 atom stereocenters. The molecule has 0 fully saturated rings. The summed E-state index contributed by atoms with van der Waals surface area (Å²) in [7, 11) is 0. The number of hydrogen-bond donors (Lipinski definition) is 2. The Labute approximate surface area is 94.3 Å². The van der Waals surface area contributed by atoms with Gasteiger partial charge in [-0.25, -0.2) is 4.39 Å². The molecule has 2 N–H and O–H groups in total. The van der Waals surface area contributed by atoms with Crippen LogP contribution in [0.4, 0.5) is 10.1 Å². The number of benzene rings is 1. The predicted molar refractivity (Wildman–Crippen MR) is 61.1 cm³/mol. The molecule has 0 aliphatic heterocycles. The van der Waals surface area contributed by atoms with Crippen LogP contribution >= 0.6 is 0 Å². The number of halogens is 1. The first-order chi connectivity index (χ1) is 7.36. The Hall–Kier alpha value is -1.42. The summed E-state index contributed by atoms with van der Waals surface area (Å²) in [5.41, 5.74) is 0.716. The van der Waals surface area contributed by atoms with Crippen molar-refractivity contribution < 1.29 is 14.3 Å². The fourth-order valence-corrected chi connectivity index (χ4v) is 1.15. The van der Waals surface area contributed by atoms with Crippen molar-refractivity contribution >= 4 is 11.6 Å². The second kappa shape index (κ2) is 4.61. The van der Waals surface area contributed by atoms with E-state index in [4.69, 9.17) is 0 Å². The molecule has 1 rings (SSSR count). The zero-order chi connectivity index (χ0) is 12.3. The van der Waals surface area contributed by atoms with E-state index in [1.165, 1.54) is 0 Å². The third-order valence-electron chi connectivity index (χ3n) is 2.51. The number of aliphatic hydroxyl groups is 1. The van der Waals surface area contributed by atoms with Crippen molar-refractivity contribution in [2.24, 2.45) is 0 Å². The number of anilines is 1. The first-order valence-corrected chi connectivity index (χ1v) is 5.04. The Morgan fingerprint density at radius 3 is 2.56 bits per heavy atom. The second-order valence-electron chi connectivity index (χ2n) is 4.16. The summed E-state index contributed by atoms with van der Waals surface area (Å²) in [5.74, 6) is -0.738. The van der Waals surface area contributed by atoms with Gasteiger partial charge in [-0.3, -0.25) is 4.79 Å². The molecule has 16 heavy (non-hydrogen) atoms. The van der Waals surface area contributed by atoms with Gasteiger partial charge in [0.15, 0.2) is 5.60 Å². The average Bonchev–Trinajstić information content (AvgIpc) is 2.23. The largest absolute Gasteiger partial charge is 0.378 e. The van der Waals surface area contributed by atoms with E-state index in [0.29, 0.717) is 5.69 Å². The molecule has 88 valence electrons. The van der Waals surface area contributed by atoms with Crippen LogP contribution in [0.2, 0.25) is 0 Å². The minimum atomic E-state index is -1.97. The van der Waals surface area contributed by atoms with Gasteiger partial charge in [0, 0.05) is 5.69 Å². The van der Waals surface area contributed by atoms with Gasteiger partial charge < -0.3 is 10.4 Å². The average molecular weight is 225 g/mol. The van der Waals surface area contributed by atoms with E-state index in [9.17, 15) is 14.3 Å². The molecular weight excluding hydrogens is 209 g/mol. The van der Waals surface area contributed by atoms with Crippen LogP contribution in [-0.2, 0) is 4.79 Å². The summed E-state index contributed by atoms with van der Waals surface area (Å²) in [6.45, 7) is 3.91. The number of aryl methyl sites for hydroxylation is 2. The van der Waals surface area contributed by atoms with E-state index in [-0.39, 0.29) is 0 Å². The Kier molecular flexibility index (Phi) is 3.65. The van der Waals surface area contributed by atoms with E-state index in [0.717, 1.165) is 18.1 Å². The minimum absolute atomic E-state index is 0.557. The molecule has 0 unspecified atom stereocenters. The number of nitrogens with one attached hydrogen (secondary N) is 1. The fourth-order valence-electron chi connectivity index (χ4n) is 1.15. The molecule has 0 heterocycles. The van der Waals surface area contributed by atoms with Crippen LogP contribution < -0.4 is 5.32 Å². The normalized spacial score (nSPS) is 14.3. The third-order valence-corrected chi connectivity index (χ3v) is 2.51. The smallest absolute Gasteiger partial charge is 0.258 e. The van der Waals surface area contributed by atoms with E-state index in [1.807, 2.05) is 19.9 Å². The summed E-state index contributed by atoms with van der Waals surface area (Å²) in [4.78, 5) is 11.5. The van der Waals surface area contributed by atoms with Gasteiger partial charge in [-0.05, 0) is 44.0 Å². The van der Waals surface area contributed by atoms with Gasteiger partial charge in [-0.15, -0.1) is 0 Å². The molecule has 1 aromatic rings. The van der Waals surface area contributed by atoms with Crippen LogP contribution in [0.25, 0.3) is 0 Å². The third kappa shape index (κ3) is 2.79. The van der Waals surface area contributed by atoms with E-state index in [2.05, 4.69) is 5.32 Å². The van der Waals surface area contributed by atoms with Gasteiger partial charge in [-0.2, -0.15) is 0 Å². The highest BCUT2D eigenvalue weighted by Crippen LogP contribution is 2.16. The van der Waals surface area contributed by atoms with E-state index < -0.39 is 18.2 Å². The summed E-state index contributed by atoms with van der Waals surface area (Å²) in [6.07, 6.45) is 0. The van der Waals surface area contributed by atoms with Crippen molar-refractivity contribution in [1.29, 1.82) is 0 Å². The Morgan fingerprint density at radius 2 is 2.06 bits per heavy atom. The molecule has 0 saturated heterocycles. The maximum Gasteiger partial charge on any atom is 0.258 e. The summed E-state index contributed by atoms with van der Waals surface area (Å²) < 4.78 is 12.4. The predicted octanol–water partition coefficient (Wildman–Crippen LogP) is 1.96. The number of rotatable bonds is 3. The Morgan fingerprint density at radius 1 is 1.44 bits per heavy atom. The van der Waals surface area contributed by atoms with Gasteiger partial charge in [0.25, 0.3) is 5.91 Å². The first-order valence-electron chi connectivity index (χ1n) is 5.04. The van der Waals surface area contributed by atoms with Gasteiger partial charge in [0.2, 0.25) is 0 Å². The SMILES string of the molecule is Cc1ccc(NC(=O)[C@@](C)(O)C[19F])cc1C. The quantitative estimate of drug-likeness (QED) is 0.826. The molecule has 4 heteroatoms. The summed E-state index contributed by atoms with van der Waals surface area (Å²) >= 11 is 0. The molecule has 0 bridgehead atoms. The lowest BCUT2D eigenvalue weighted by atomic mass is 10.1. The van der Waals surface area contributed by atoms with Gasteiger partial charge in [0.05, 0.1) is 0 Å². The van der Waals surface area contributed by atoms with Crippen LogP contribution in [0.3, 0.4) is 0 Å². The zero-order valence-electron chi connectivity index (χ0n) is 9.67. The molecule has 0 aliphatic carbocycles. The lowest BCUT2D eigenvalue weighted by molar-refractivity contribution is -0.133. The molecule has 0 saturated carbocycles. The minimum Gasteiger partial charge on any atom is -0.378 e. The van der Waals surface area contributed by atoms with Crippen molar-refractivity contribution in [2.75, 3.05) is 12.0 Å². The number of hydrogen-bond acceptors (Lipinski definition) is 2. The van der Waals surface area contributed by atoms with Crippen molar-refractivity contribution in [2.45, 2.75) is 26.4 Å². The lowest BCUT2D eigenvalue weighted by Gasteiger charge is -2.18. The van der Waals surface area contributed by atoms with Crippen LogP contribution in [0.1, 0.15) is 18.1 Å². The number of carbonyl (C=O) groups excluding carboxylic acids is 1. The number of carbonyl (C=O) groups is 1. The topological polar surface area (TPSA) is 49.3 Å². The van der Waals surface area contributed by atoms with Crippen LogP contribution in [-0.4, -0.2) is 23.3 Å². The van der Waals surface area contributed by atoms with E-state index in [1.54, 1.807) is 12.1 Å². The molecule has 0 spiro atoms. The lowest BCUT2D eigenvalue weighted by Crippen LogP contribution is -2.41. The van der Waals surface area contributed by atoms with Gasteiger partial charge in [-0.1, -0.05) is 6.07 Å². The molecular formula is C12H16FNO2. The van der Waals surface area contributed by atoms with Crippen molar-refractivity contribution in [3.8, 4) is 0 Å². The highest BCUT2D eigenvalue weighted by atomic mass is 19.1. The Bertz CT molecular complexity index is 402. The Balaban J connectivity index is 2.82. The fraction of sp³-hybridized carbons (Fsp3) is 0.417. The molecule has 0 radical (unpaired) electrons. The van der Waals surface area contributed by atoms with Crippen molar-refractivity contribution in [3.05, 3.63) is 29.3 Å². The monoisotopic (exact) mass is 225 g/mol. The standard InChI is InChI=1S/C12H16FNO2/c1-8-4-5-10(6-9(8)2)14-11(15)12(3,16)7-13/h4-6,16H,7H2,1-3H3,(H,14,15)/t12-/m0/s1/i13+0. The molecule has 3 nitrogen and oxygen atoms in total. The van der Waals surface area contributed by atoms with E-state index >= 15 is 0 Å². The maximum atomic E-state index is 12.4. The maximum absolute atomic E-state index is 12.4.